The van der Waals surface area contributed by atoms with E-state index in [-0.39, 0.29) is 5.91 Å². The van der Waals surface area contributed by atoms with Crippen LogP contribution in [0.2, 0.25) is 10.0 Å². The second kappa shape index (κ2) is 7.59. The molecule has 0 atom stereocenters. The summed E-state index contributed by atoms with van der Waals surface area (Å²) in [6.07, 6.45) is 1.13. The first-order valence-electron chi connectivity index (χ1n) is 6.71. The lowest BCUT2D eigenvalue weighted by molar-refractivity contribution is -0.127. The molecule has 1 rings (SSSR count). The van der Waals surface area contributed by atoms with Crippen molar-refractivity contribution in [3.63, 3.8) is 0 Å². The van der Waals surface area contributed by atoms with Crippen molar-refractivity contribution >= 4 is 29.1 Å². The van der Waals surface area contributed by atoms with Crippen molar-refractivity contribution in [2.75, 3.05) is 0 Å². The Morgan fingerprint density at radius 2 is 2.05 bits per heavy atom. The quantitative estimate of drug-likeness (QED) is 0.638. The summed E-state index contributed by atoms with van der Waals surface area (Å²) >= 11 is 12.3. The van der Waals surface area contributed by atoms with Crippen LogP contribution in [0.25, 0.3) is 0 Å². The van der Waals surface area contributed by atoms with Crippen molar-refractivity contribution in [3.05, 3.63) is 27.7 Å². The van der Waals surface area contributed by atoms with E-state index in [1.807, 2.05) is 20.8 Å². The number of carbonyl (C=O) groups is 1. The van der Waals surface area contributed by atoms with E-state index in [0.29, 0.717) is 27.8 Å². The van der Waals surface area contributed by atoms with Gasteiger partial charge in [0.15, 0.2) is 5.75 Å². The molecular weight excluding hydrogens is 309 g/mol. The number of nitrogens with one attached hydrogen (secondary N) is 1. The van der Waals surface area contributed by atoms with Gasteiger partial charge in [-0.2, -0.15) is 5.48 Å². The van der Waals surface area contributed by atoms with Gasteiger partial charge in [0.25, 0.3) is 5.91 Å². The van der Waals surface area contributed by atoms with Gasteiger partial charge >= 0.3 is 0 Å². The summed E-state index contributed by atoms with van der Waals surface area (Å²) in [4.78, 5) is 17.0. The van der Waals surface area contributed by atoms with Crippen LogP contribution in [0.1, 0.15) is 46.1 Å². The molecule has 0 aliphatic heterocycles. The molecule has 21 heavy (non-hydrogen) atoms. The first-order valence-corrected chi connectivity index (χ1v) is 7.46. The molecule has 114 valence electrons. The molecule has 1 aromatic rings. The van der Waals surface area contributed by atoms with Gasteiger partial charge in [-0.15, -0.1) is 5.92 Å². The van der Waals surface area contributed by atoms with E-state index in [1.54, 1.807) is 19.1 Å². The molecule has 1 amide bonds. The smallest absolute Gasteiger partial charge is 0.252 e. The zero-order chi connectivity index (χ0) is 16.0. The number of halogens is 2. The van der Waals surface area contributed by atoms with Crippen LogP contribution in [0.15, 0.2) is 12.1 Å². The molecule has 0 heterocycles. The maximum absolute atomic E-state index is 11.5. The first kappa shape index (κ1) is 17.7. The highest BCUT2D eigenvalue weighted by molar-refractivity contribution is 6.35. The summed E-state index contributed by atoms with van der Waals surface area (Å²) in [5, 5.41) is 0.888. The topological polar surface area (TPSA) is 38.3 Å². The molecule has 0 aliphatic carbocycles. The van der Waals surface area contributed by atoms with E-state index in [4.69, 9.17) is 28.0 Å². The summed E-state index contributed by atoms with van der Waals surface area (Å²) < 4.78 is 0. The molecule has 0 radical (unpaired) electrons. The number of hydrogen-bond donors (Lipinski definition) is 1. The van der Waals surface area contributed by atoms with Crippen LogP contribution in [0.5, 0.6) is 5.75 Å². The summed E-state index contributed by atoms with van der Waals surface area (Å²) in [5.74, 6) is 6.17. The van der Waals surface area contributed by atoms with Gasteiger partial charge in [0.2, 0.25) is 0 Å². The van der Waals surface area contributed by atoms with Crippen molar-refractivity contribution in [1.82, 2.24) is 5.48 Å². The van der Waals surface area contributed by atoms with Gasteiger partial charge in [-0.25, -0.2) is 0 Å². The fourth-order valence-electron chi connectivity index (χ4n) is 2.00. The highest BCUT2D eigenvalue weighted by Crippen LogP contribution is 2.39. The molecule has 0 unspecified atom stereocenters. The van der Waals surface area contributed by atoms with Crippen molar-refractivity contribution < 1.29 is 9.63 Å². The minimum atomic E-state index is -0.527. The Morgan fingerprint density at radius 3 is 2.62 bits per heavy atom. The predicted molar refractivity (Wildman–Crippen MR) is 86.6 cm³/mol. The monoisotopic (exact) mass is 327 g/mol. The Kier molecular flexibility index (Phi) is 6.39. The van der Waals surface area contributed by atoms with Crippen LogP contribution in [0.3, 0.4) is 0 Å². The molecule has 0 saturated heterocycles. The van der Waals surface area contributed by atoms with Crippen LogP contribution in [0.4, 0.5) is 0 Å². The van der Waals surface area contributed by atoms with E-state index in [2.05, 4.69) is 17.3 Å². The minimum Gasteiger partial charge on any atom is -0.379 e. The van der Waals surface area contributed by atoms with Gasteiger partial charge in [-0.3, -0.25) is 4.79 Å². The van der Waals surface area contributed by atoms with Gasteiger partial charge in [0.1, 0.15) is 0 Å². The molecule has 0 spiro atoms. The standard InChI is InChI=1S/C16H19Cl2NO2/c1-5-7-14(20)19-21-13-10-11(17)9-12(18)15(13)16(3,4)8-6-2/h9-10H,5,7H2,1-4H3,(H,19,20). The largest absolute Gasteiger partial charge is 0.379 e. The summed E-state index contributed by atoms with van der Waals surface area (Å²) in [6, 6.07) is 3.26. The van der Waals surface area contributed by atoms with Crippen molar-refractivity contribution in [2.45, 2.75) is 46.0 Å². The van der Waals surface area contributed by atoms with E-state index < -0.39 is 5.41 Å². The number of hydrogen-bond acceptors (Lipinski definition) is 2. The highest BCUT2D eigenvalue weighted by Gasteiger charge is 2.26. The number of hydroxylamine groups is 1. The SMILES string of the molecule is CC#CC(C)(C)c1c(Cl)cc(Cl)cc1ONC(=O)CCC. The predicted octanol–water partition coefficient (Wildman–Crippen LogP) is 4.50. The molecule has 1 aromatic carbocycles. The Labute approximate surface area is 135 Å². The van der Waals surface area contributed by atoms with Gasteiger partial charge < -0.3 is 4.84 Å². The molecule has 5 heteroatoms. The third-order valence-corrected chi connectivity index (χ3v) is 3.35. The molecule has 0 fully saturated rings. The van der Waals surface area contributed by atoms with Gasteiger partial charge in [0, 0.05) is 23.1 Å². The fraction of sp³-hybridized carbons (Fsp3) is 0.438. The lowest BCUT2D eigenvalue weighted by Crippen LogP contribution is -2.28. The Morgan fingerprint density at radius 1 is 1.38 bits per heavy atom. The molecular formula is C16H19Cl2NO2. The van der Waals surface area contributed by atoms with E-state index in [9.17, 15) is 4.79 Å². The Bertz CT molecular complexity index is 586. The normalized spacial score (nSPS) is 10.6. The van der Waals surface area contributed by atoms with E-state index in [1.165, 1.54) is 0 Å². The maximum Gasteiger partial charge on any atom is 0.252 e. The number of rotatable bonds is 5. The summed E-state index contributed by atoms with van der Waals surface area (Å²) in [7, 11) is 0. The number of benzene rings is 1. The van der Waals surface area contributed by atoms with Crippen molar-refractivity contribution in [3.8, 4) is 17.6 Å². The number of amides is 1. The molecule has 1 N–H and O–H groups in total. The minimum absolute atomic E-state index is 0.195. The lowest BCUT2D eigenvalue weighted by Gasteiger charge is -2.23. The van der Waals surface area contributed by atoms with E-state index in [0.717, 1.165) is 6.42 Å². The maximum atomic E-state index is 11.5. The zero-order valence-corrected chi connectivity index (χ0v) is 14.2. The average Bonchev–Trinajstić information content (AvgIpc) is 2.35. The van der Waals surface area contributed by atoms with Crippen LogP contribution in [0, 0.1) is 11.8 Å². The van der Waals surface area contributed by atoms with Gasteiger partial charge in [-0.1, -0.05) is 36.0 Å². The van der Waals surface area contributed by atoms with Crippen LogP contribution >= 0.6 is 23.2 Å². The van der Waals surface area contributed by atoms with Crippen molar-refractivity contribution in [2.24, 2.45) is 0 Å². The molecule has 0 saturated carbocycles. The van der Waals surface area contributed by atoms with Crippen LogP contribution in [-0.2, 0) is 10.2 Å². The Balaban J connectivity index is 3.17. The second-order valence-corrected chi connectivity index (χ2v) is 5.98. The molecule has 3 nitrogen and oxygen atoms in total. The first-order chi connectivity index (χ1) is 9.81. The Hall–Kier alpha value is -1.37. The molecule has 0 aliphatic rings. The second-order valence-electron chi connectivity index (χ2n) is 5.14. The zero-order valence-electron chi connectivity index (χ0n) is 12.6. The fourth-order valence-corrected chi connectivity index (χ4v) is 2.71. The molecule has 0 aromatic heterocycles. The average molecular weight is 328 g/mol. The van der Waals surface area contributed by atoms with E-state index >= 15 is 0 Å². The summed E-state index contributed by atoms with van der Waals surface area (Å²) in [6.45, 7) is 7.54. The summed E-state index contributed by atoms with van der Waals surface area (Å²) in [5.41, 5.74) is 2.57. The lowest BCUT2D eigenvalue weighted by atomic mass is 9.84. The van der Waals surface area contributed by atoms with Crippen LogP contribution in [-0.4, -0.2) is 5.91 Å². The third-order valence-electron chi connectivity index (χ3n) is 2.83. The molecule has 0 bridgehead atoms. The van der Waals surface area contributed by atoms with Crippen LogP contribution < -0.4 is 10.3 Å². The van der Waals surface area contributed by atoms with Gasteiger partial charge in [-0.05, 0) is 33.3 Å². The number of carbonyl (C=O) groups excluding carboxylic acids is 1. The highest BCUT2D eigenvalue weighted by atomic mass is 35.5. The van der Waals surface area contributed by atoms with Crippen molar-refractivity contribution in [1.29, 1.82) is 0 Å². The van der Waals surface area contributed by atoms with Gasteiger partial charge in [0.05, 0.1) is 10.4 Å². The third kappa shape index (κ3) is 4.84.